The van der Waals surface area contributed by atoms with Gasteiger partial charge in [-0.2, -0.15) is 0 Å². The third kappa shape index (κ3) is 2.36. The Labute approximate surface area is 86.0 Å². The van der Waals surface area contributed by atoms with Crippen LogP contribution in [0, 0.1) is 0 Å². The number of halogens is 1. The maximum Gasteiger partial charge on any atom is 0.134 e. The van der Waals surface area contributed by atoms with E-state index in [9.17, 15) is 10.2 Å². The van der Waals surface area contributed by atoms with Crippen molar-refractivity contribution in [3.05, 3.63) is 28.8 Å². The fourth-order valence-electron chi connectivity index (χ4n) is 1.04. The van der Waals surface area contributed by atoms with Gasteiger partial charge in [0.2, 0.25) is 0 Å². The van der Waals surface area contributed by atoms with Gasteiger partial charge in [0.15, 0.2) is 0 Å². The van der Waals surface area contributed by atoms with Crippen LogP contribution in [0.4, 0.5) is 0 Å². The van der Waals surface area contributed by atoms with E-state index in [0.29, 0.717) is 5.56 Å². The Morgan fingerprint density at radius 1 is 1.29 bits per heavy atom. The molecule has 4 N–H and O–H groups in total. The van der Waals surface area contributed by atoms with Gasteiger partial charge in [-0.05, 0) is 17.7 Å². The topological polar surface area (TPSA) is 80.9 Å². The van der Waals surface area contributed by atoms with Crippen LogP contribution in [-0.4, -0.2) is 33.1 Å². The molecule has 0 heterocycles. The zero-order chi connectivity index (χ0) is 10.7. The van der Waals surface area contributed by atoms with E-state index in [1.807, 2.05) is 0 Å². The van der Waals surface area contributed by atoms with Crippen molar-refractivity contribution in [1.29, 1.82) is 0 Å². The van der Waals surface area contributed by atoms with E-state index < -0.39 is 18.8 Å². The minimum Gasteiger partial charge on any atom is -0.506 e. The Bertz CT molecular complexity index is 316. The number of hydrogen-bond donors (Lipinski definition) is 4. The van der Waals surface area contributed by atoms with E-state index in [-0.39, 0.29) is 10.8 Å². The summed E-state index contributed by atoms with van der Waals surface area (Å²) in [4.78, 5) is 0. The summed E-state index contributed by atoms with van der Waals surface area (Å²) in [7, 11) is 0. The Balaban J connectivity index is 2.91. The second kappa shape index (κ2) is 4.61. The first-order chi connectivity index (χ1) is 6.56. The van der Waals surface area contributed by atoms with Gasteiger partial charge in [0.05, 0.1) is 11.6 Å². The third-order valence-corrected chi connectivity index (χ3v) is 2.18. The molecule has 5 heteroatoms. The number of rotatable bonds is 3. The van der Waals surface area contributed by atoms with Crippen molar-refractivity contribution in [3.63, 3.8) is 0 Å². The molecule has 0 aliphatic heterocycles. The molecule has 0 spiro atoms. The molecular formula is C9H11ClO4. The lowest BCUT2D eigenvalue weighted by molar-refractivity contribution is -0.0153. The maximum atomic E-state index is 9.44. The summed E-state index contributed by atoms with van der Waals surface area (Å²) in [5.74, 6) is -0.173. The molecule has 0 aliphatic rings. The molecule has 2 unspecified atom stereocenters. The van der Waals surface area contributed by atoms with Crippen LogP contribution in [-0.2, 0) is 0 Å². The van der Waals surface area contributed by atoms with Crippen LogP contribution >= 0.6 is 11.6 Å². The first kappa shape index (κ1) is 11.3. The summed E-state index contributed by atoms with van der Waals surface area (Å²) in [5.41, 5.74) is 0.299. The van der Waals surface area contributed by atoms with Crippen LogP contribution in [0.3, 0.4) is 0 Å². The van der Waals surface area contributed by atoms with Gasteiger partial charge in [-0.3, -0.25) is 0 Å². The summed E-state index contributed by atoms with van der Waals surface area (Å²) >= 11 is 5.56. The van der Waals surface area contributed by atoms with Crippen molar-refractivity contribution in [2.24, 2.45) is 0 Å². The molecule has 0 saturated carbocycles. The second-order valence-corrected chi connectivity index (χ2v) is 3.31. The third-order valence-electron chi connectivity index (χ3n) is 1.86. The molecule has 14 heavy (non-hydrogen) atoms. The molecule has 78 valence electrons. The van der Waals surface area contributed by atoms with Crippen LogP contribution in [0.5, 0.6) is 5.75 Å². The van der Waals surface area contributed by atoms with Crippen molar-refractivity contribution in [3.8, 4) is 5.75 Å². The van der Waals surface area contributed by atoms with Crippen LogP contribution in [0.15, 0.2) is 18.2 Å². The van der Waals surface area contributed by atoms with Crippen molar-refractivity contribution < 1.29 is 20.4 Å². The molecule has 1 rings (SSSR count). The highest BCUT2D eigenvalue weighted by Gasteiger charge is 2.18. The van der Waals surface area contributed by atoms with E-state index in [2.05, 4.69) is 0 Å². The normalized spacial score (nSPS) is 15.1. The lowest BCUT2D eigenvalue weighted by atomic mass is 10.0. The summed E-state index contributed by atoms with van der Waals surface area (Å²) in [6.07, 6.45) is -2.50. The Hall–Kier alpha value is -0.810. The van der Waals surface area contributed by atoms with Crippen molar-refractivity contribution in [2.75, 3.05) is 6.61 Å². The number of aliphatic hydroxyl groups is 3. The molecule has 0 bridgehead atoms. The first-order valence-electron chi connectivity index (χ1n) is 4.01. The molecule has 0 aromatic heterocycles. The lowest BCUT2D eigenvalue weighted by Crippen LogP contribution is -2.21. The standard InChI is InChI=1S/C9H11ClO4/c10-6-2-1-5(3-7(6)12)9(14)8(13)4-11/h1-3,8-9,11-14H,4H2. The van der Waals surface area contributed by atoms with Gasteiger partial charge >= 0.3 is 0 Å². The van der Waals surface area contributed by atoms with E-state index in [1.165, 1.54) is 18.2 Å². The van der Waals surface area contributed by atoms with Gasteiger partial charge in [-0.1, -0.05) is 17.7 Å². The number of phenols is 1. The minimum absolute atomic E-state index is 0.166. The second-order valence-electron chi connectivity index (χ2n) is 2.91. The van der Waals surface area contributed by atoms with Crippen LogP contribution in [0.2, 0.25) is 5.02 Å². The predicted molar refractivity (Wildman–Crippen MR) is 51.2 cm³/mol. The van der Waals surface area contributed by atoms with Crippen molar-refractivity contribution >= 4 is 11.6 Å². The molecule has 0 saturated heterocycles. The molecule has 0 aliphatic carbocycles. The Morgan fingerprint density at radius 2 is 1.93 bits per heavy atom. The summed E-state index contributed by atoms with van der Waals surface area (Å²) in [6, 6.07) is 4.11. The van der Waals surface area contributed by atoms with Crippen molar-refractivity contribution in [1.82, 2.24) is 0 Å². The van der Waals surface area contributed by atoms with Gasteiger partial charge in [0, 0.05) is 0 Å². The fraction of sp³-hybridized carbons (Fsp3) is 0.333. The molecule has 0 radical (unpaired) electrons. The van der Waals surface area contributed by atoms with Gasteiger partial charge in [0.1, 0.15) is 18.0 Å². The summed E-state index contributed by atoms with van der Waals surface area (Å²) in [6.45, 7) is -0.551. The monoisotopic (exact) mass is 218 g/mol. The molecule has 0 fully saturated rings. The molecule has 4 nitrogen and oxygen atoms in total. The largest absolute Gasteiger partial charge is 0.506 e. The van der Waals surface area contributed by atoms with Gasteiger partial charge < -0.3 is 20.4 Å². The quantitative estimate of drug-likeness (QED) is 0.593. The smallest absolute Gasteiger partial charge is 0.134 e. The zero-order valence-corrected chi connectivity index (χ0v) is 8.02. The number of aromatic hydroxyl groups is 1. The molecule has 1 aromatic rings. The molecule has 1 aromatic carbocycles. The highest BCUT2D eigenvalue weighted by Crippen LogP contribution is 2.27. The van der Waals surface area contributed by atoms with Gasteiger partial charge in [0.25, 0.3) is 0 Å². The highest BCUT2D eigenvalue weighted by atomic mass is 35.5. The Morgan fingerprint density at radius 3 is 2.43 bits per heavy atom. The van der Waals surface area contributed by atoms with Gasteiger partial charge in [-0.15, -0.1) is 0 Å². The number of phenolic OH excluding ortho intramolecular Hbond substituents is 1. The zero-order valence-electron chi connectivity index (χ0n) is 7.26. The average molecular weight is 219 g/mol. The molecule has 0 amide bonds. The predicted octanol–water partition coefficient (Wildman–Crippen LogP) is 0.432. The van der Waals surface area contributed by atoms with Crippen molar-refractivity contribution in [2.45, 2.75) is 12.2 Å². The molecule has 2 atom stereocenters. The fourth-order valence-corrected chi connectivity index (χ4v) is 1.15. The van der Waals surface area contributed by atoms with E-state index in [1.54, 1.807) is 0 Å². The molecular weight excluding hydrogens is 208 g/mol. The number of benzene rings is 1. The first-order valence-corrected chi connectivity index (χ1v) is 4.39. The summed E-state index contributed by atoms with van der Waals surface area (Å²) < 4.78 is 0. The summed E-state index contributed by atoms with van der Waals surface area (Å²) in [5, 5.41) is 36.5. The maximum absolute atomic E-state index is 9.44. The minimum atomic E-state index is -1.27. The number of hydrogen-bond acceptors (Lipinski definition) is 4. The van der Waals surface area contributed by atoms with E-state index in [0.717, 1.165) is 0 Å². The van der Waals surface area contributed by atoms with Crippen LogP contribution in [0.25, 0.3) is 0 Å². The lowest BCUT2D eigenvalue weighted by Gasteiger charge is -2.16. The van der Waals surface area contributed by atoms with Crippen LogP contribution in [0.1, 0.15) is 11.7 Å². The Kier molecular flexibility index (Phi) is 3.71. The number of aliphatic hydroxyl groups excluding tert-OH is 3. The van der Waals surface area contributed by atoms with Crippen LogP contribution < -0.4 is 0 Å². The van der Waals surface area contributed by atoms with Gasteiger partial charge in [-0.25, -0.2) is 0 Å². The van der Waals surface area contributed by atoms with E-state index >= 15 is 0 Å². The highest BCUT2D eigenvalue weighted by molar-refractivity contribution is 6.32. The average Bonchev–Trinajstić information content (AvgIpc) is 2.20. The van der Waals surface area contributed by atoms with E-state index in [4.69, 9.17) is 21.8 Å². The SMILES string of the molecule is OCC(O)C(O)c1ccc(Cl)c(O)c1.